The van der Waals surface area contributed by atoms with Gasteiger partial charge in [0.05, 0.1) is 25.3 Å². The molecular formula is C17H18N4O3. The fourth-order valence-corrected chi connectivity index (χ4v) is 2.70. The number of aromatic nitrogens is 2. The molecule has 0 saturated carbocycles. The van der Waals surface area contributed by atoms with Gasteiger partial charge in [0.25, 0.3) is 0 Å². The molecule has 0 spiro atoms. The van der Waals surface area contributed by atoms with Gasteiger partial charge < -0.3 is 25.5 Å². The van der Waals surface area contributed by atoms with E-state index in [1.807, 2.05) is 24.3 Å². The van der Waals surface area contributed by atoms with Crippen LogP contribution >= 0.6 is 0 Å². The summed E-state index contributed by atoms with van der Waals surface area (Å²) in [6.07, 6.45) is 1.59. The van der Waals surface area contributed by atoms with E-state index in [-0.39, 0.29) is 11.4 Å². The van der Waals surface area contributed by atoms with E-state index in [9.17, 15) is 4.79 Å². The number of hydrogen-bond donors (Lipinski definition) is 2. The number of ether oxygens (including phenoxy) is 2. The lowest BCUT2D eigenvalue weighted by atomic mass is 10.2. The topological polar surface area (TPSA) is 105 Å². The Bertz CT molecular complexity index is 900. The van der Waals surface area contributed by atoms with Gasteiger partial charge in [0.2, 0.25) is 0 Å². The molecule has 2 heterocycles. The molecule has 0 unspecified atom stereocenters. The van der Waals surface area contributed by atoms with Crippen molar-refractivity contribution in [3.05, 3.63) is 47.8 Å². The molecule has 4 N–H and O–H groups in total. The van der Waals surface area contributed by atoms with Gasteiger partial charge in [-0.3, -0.25) is 0 Å². The van der Waals surface area contributed by atoms with Crippen molar-refractivity contribution in [2.24, 2.45) is 0 Å². The van der Waals surface area contributed by atoms with Gasteiger partial charge in [-0.15, -0.1) is 0 Å². The molecule has 7 heteroatoms. The highest BCUT2D eigenvalue weighted by molar-refractivity contribution is 6.09. The second-order valence-corrected chi connectivity index (χ2v) is 5.29. The first-order valence-electron chi connectivity index (χ1n) is 7.30. The SMILES string of the molecule is COC(=O)c1c(N)c2c(N)ccnc2n1Cc1ccc(OC)cc1. The Morgan fingerprint density at radius 2 is 1.88 bits per heavy atom. The number of fused-ring (bicyclic) bond motifs is 1. The summed E-state index contributed by atoms with van der Waals surface area (Å²) in [6, 6.07) is 9.17. The monoisotopic (exact) mass is 326 g/mol. The Balaban J connectivity index is 2.17. The van der Waals surface area contributed by atoms with E-state index < -0.39 is 5.97 Å². The molecule has 3 aromatic rings. The standard InChI is InChI=1S/C17H18N4O3/c1-23-11-5-3-10(4-6-11)9-21-15(17(22)24-2)14(19)13-12(18)7-8-20-16(13)21/h3-8H,9,19H2,1-2H3,(H2,18,20). The minimum atomic E-state index is -0.529. The van der Waals surface area contributed by atoms with E-state index in [1.165, 1.54) is 7.11 Å². The lowest BCUT2D eigenvalue weighted by Gasteiger charge is -2.10. The molecule has 0 radical (unpaired) electrons. The molecular weight excluding hydrogens is 308 g/mol. The number of pyridine rings is 1. The lowest BCUT2D eigenvalue weighted by Crippen LogP contribution is -2.13. The van der Waals surface area contributed by atoms with E-state index in [1.54, 1.807) is 23.9 Å². The summed E-state index contributed by atoms with van der Waals surface area (Å²) in [4.78, 5) is 16.6. The normalized spacial score (nSPS) is 10.8. The van der Waals surface area contributed by atoms with Gasteiger partial charge in [-0.1, -0.05) is 12.1 Å². The van der Waals surface area contributed by atoms with Crippen molar-refractivity contribution in [1.29, 1.82) is 0 Å². The van der Waals surface area contributed by atoms with E-state index in [0.29, 0.717) is 23.3 Å². The van der Waals surface area contributed by atoms with Crippen LogP contribution in [0.25, 0.3) is 11.0 Å². The van der Waals surface area contributed by atoms with Crippen molar-refractivity contribution >= 4 is 28.4 Å². The van der Waals surface area contributed by atoms with Crippen LogP contribution in [0.5, 0.6) is 5.75 Å². The predicted octanol–water partition coefficient (Wildman–Crippen LogP) is 2.04. The number of carbonyl (C=O) groups excluding carboxylic acids is 1. The molecule has 3 rings (SSSR count). The van der Waals surface area contributed by atoms with Crippen LogP contribution in [-0.2, 0) is 11.3 Å². The Morgan fingerprint density at radius 3 is 2.50 bits per heavy atom. The zero-order valence-corrected chi connectivity index (χ0v) is 13.4. The van der Waals surface area contributed by atoms with Gasteiger partial charge in [0.1, 0.15) is 11.4 Å². The number of methoxy groups -OCH3 is 2. The van der Waals surface area contributed by atoms with Gasteiger partial charge in [0.15, 0.2) is 5.69 Å². The van der Waals surface area contributed by atoms with Crippen LogP contribution in [-0.4, -0.2) is 29.7 Å². The van der Waals surface area contributed by atoms with Crippen LogP contribution in [0, 0.1) is 0 Å². The van der Waals surface area contributed by atoms with Crippen molar-refractivity contribution in [2.45, 2.75) is 6.54 Å². The third-order valence-corrected chi connectivity index (χ3v) is 3.89. The summed E-state index contributed by atoms with van der Waals surface area (Å²) in [7, 11) is 2.92. The van der Waals surface area contributed by atoms with Crippen LogP contribution < -0.4 is 16.2 Å². The highest BCUT2D eigenvalue weighted by Crippen LogP contribution is 2.32. The number of hydrogen-bond acceptors (Lipinski definition) is 6. The van der Waals surface area contributed by atoms with Crippen LogP contribution in [0.4, 0.5) is 11.4 Å². The quantitative estimate of drug-likeness (QED) is 0.711. The van der Waals surface area contributed by atoms with Crippen molar-refractivity contribution in [1.82, 2.24) is 9.55 Å². The summed E-state index contributed by atoms with van der Waals surface area (Å²) in [6.45, 7) is 0.401. The molecule has 0 aliphatic heterocycles. The minimum absolute atomic E-state index is 0.244. The molecule has 0 atom stereocenters. The first-order valence-corrected chi connectivity index (χ1v) is 7.30. The minimum Gasteiger partial charge on any atom is -0.497 e. The van der Waals surface area contributed by atoms with Gasteiger partial charge in [0, 0.05) is 18.4 Å². The number of nitrogens with zero attached hydrogens (tertiary/aromatic N) is 2. The summed E-state index contributed by atoms with van der Waals surface area (Å²) < 4.78 is 11.7. The zero-order chi connectivity index (χ0) is 17.3. The Hall–Kier alpha value is -3.22. The number of nitrogens with two attached hydrogens (primary N) is 2. The average molecular weight is 326 g/mol. The zero-order valence-electron chi connectivity index (χ0n) is 13.4. The maximum atomic E-state index is 12.2. The number of anilines is 2. The second-order valence-electron chi connectivity index (χ2n) is 5.29. The summed E-state index contributed by atoms with van der Waals surface area (Å²) >= 11 is 0. The molecule has 0 bridgehead atoms. The predicted molar refractivity (Wildman–Crippen MR) is 92.0 cm³/mol. The Morgan fingerprint density at radius 1 is 1.17 bits per heavy atom. The summed E-state index contributed by atoms with van der Waals surface area (Å²) in [5.74, 6) is 0.226. The molecule has 124 valence electrons. The fraction of sp³-hybridized carbons (Fsp3) is 0.176. The van der Waals surface area contributed by atoms with Crippen molar-refractivity contribution in [3.63, 3.8) is 0 Å². The highest BCUT2D eigenvalue weighted by atomic mass is 16.5. The summed E-state index contributed by atoms with van der Waals surface area (Å²) in [5, 5.41) is 0.561. The van der Waals surface area contributed by atoms with Crippen LogP contribution in [0.2, 0.25) is 0 Å². The van der Waals surface area contributed by atoms with Gasteiger partial charge in [-0.2, -0.15) is 0 Å². The molecule has 2 aromatic heterocycles. The van der Waals surface area contributed by atoms with E-state index in [2.05, 4.69) is 4.98 Å². The largest absolute Gasteiger partial charge is 0.497 e. The van der Waals surface area contributed by atoms with E-state index >= 15 is 0 Å². The molecule has 0 fully saturated rings. The molecule has 7 nitrogen and oxygen atoms in total. The first kappa shape index (κ1) is 15.7. The molecule has 0 amide bonds. The van der Waals surface area contributed by atoms with E-state index in [0.717, 1.165) is 11.3 Å². The summed E-state index contributed by atoms with van der Waals surface area (Å²) in [5.41, 5.74) is 14.7. The van der Waals surface area contributed by atoms with Crippen molar-refractivity contribution < 1.29 is 14.3 Å². The first-order chi connectivity index (χ1) is 11.6. The van der Waals surface area contributed by atoms with Crippen molar-refractivity contribution in [3.8, 4) is 5.75 Å². The van der Waals surface area contributed by atoms with Crippen LogP contribution in [0.15, 0.2) is 36.5 Å². The lowest BCUT2D eigenvalue weighted by molar-refractivity contribution is 0.0591. The highest BCUT2D eigenvalue weighted by Gasteiger charge is 2.24. The Labute approximate surface area is 138 Å². The van der Waals surface area contributed by atoms with Gasteiger partial charge in [-0.05, 0) is 23.8 Å². The maximum absolute atomic E-state index is 12.2. The smallest absolute Gasteiger partial charge is 0.356 e. The van der Waals surface area contributed by atoms with Crippen LogP contribution in [0.1, 0.15) is 16.1 Å². The fourth-order valence-electron chi connectivity index (χ4n) is 2.70. The molecule has 0 aliphatic carbocycles. The van der Waals surface area contributed by atoms with Crippen molar-refractivity contribution in [2.75, 3.05) is 25.7 Å². The number of rotatable bonds is 4. The number of nitrogen functional groups attached to an aromatic ring is 2. The molecule has 24 heavy (non-hydrogen) atoms. The maximum Gasteiger partial charge on any atom is 0.356 e. The number of benzene rings is 1. The van der Waals surface area contributed by atoms with Crippen LogP contribution in [0.3, 0.4) is 0 Å². The number of esters is 1. The Kier molecular flexibility index (Phi) is 3.99. The van der Waals surface area contributed by atoms with E-state index in [4.69, 9.17) is 20.9 Å². The third-order valence-electron chi connectivity index (χ3n) is 3.89. The average Bonchev–Trinajstić information content (AvgIpc) is 2.88. The van der Waals surface area contributed by atoms with Gasteiger partial charge >= 0.3 is 5.97 Å². The molecule has 1 aromatic carbocycles. The van der Waals surface area contributed by atoms with Gasteiger partial charge in [-0.25, -0.2) is 9.78 Å². The number of carbonyl (C=O) groups is 1. The molecule has 0 aliphatic rings. The second kappa shape index (κ2) is 6.11. The third kappa shape index (κ3) is 2.50. The molecule has 0 saturated heterocycles.